The molecule has 0 unspecified atom stereocenters. The van der Waals surface area contributed by atoms with Gasteiger partial charge in [0.25, 0.3) is 0 Å². The molecule has 1 fully saturated rings. The maximum Gasteiger partial charge on any atom is 0.410 e. The van der Waals surface area contributed by atoms with E-state index in [9.17, 15) is 19.8 Å². The molecule has 7 heteroatoms. The second-order valence-corrected chi connectivity index (χ2v) is 7.66. The highest BCUT2D eigenvalue weighted by atomic mass is 16.6. The van der Waals surface area contributed by atoms with Crippen LogP contribution in [-0.4, -0.2) is 75.5 Å². The maximum absolute atomic E-state index is 12.0. The summed E-state index contributed by atoms with van der Waals surface area (Å²) < 4.78 is 5.30. The van der Waals surface area contributed by atoms with Gasteiger partial charge in [0.2, 0.25) is 0 Å². The molecule has 128 valence electrons. The van der Waals surface area contributed by atoms with Crippen molar-refractivity contribution >= 4 is 12.1 Å². The lowest BCUT2D eigenvalue weighted by atomic mass is 9.81. The molecule has 0 aromatic heterocycles. The summed E-state index contributed by atoms with van der Waals surface area (Å²) in [4.78, 5) is 26.6. The summed E-state index contributed by atoms with van der Waals surface area (Å²) in [6.45, 7) is 9.49. The standard InChI is InChI=1S/C15H28N2O5/c1-13(2,3)22-12(21)17-8-15(9-17,7-11(19)20)16(6)14(4,5)10-18/h18H,7-10H2,1-6H3,(H,19,20). The Kier molecular flexibility index (Phi) is 5.14. The summed E-state index contributed by atoms with van der Waals surface area (Å²) in [5.74, 6) is -0.926. The van der Waals surface area contributed by atoms with Crippen LogP contribution in [0.15, 0.2) is 0 Å². The molecule has 1 aliphatic heterocycles. The molecule has 22 heavy (non-hydrogen) atoms. The average molecular weight is 316 g/mol. The first-order chi connectivity index (χ1) is 9.83. The molecule has 0 spiro atoms. The van der Waals surface area contributed by atoms with E-state index in [1.54, 1.807) is 27.8 Å². The average Bonchev–Trinajstić information content (AvgIpc) is 2.29. The van der Waals surface area contributed by atoms with E-state index in [1.165, 1.54) is 4.90 Å². The Bertz CT molecular complexity index is 436. The quantitative estimate of drug-likeness (QED) is 0.791. The molecule has 1 amide bonds. The monoisotopic (exact) mass is 316 g/mol. The number of likely N-dealkylation sites (tertiary alicyclic amines) is 1. The third-order valence-corrected chi connectivity index (χ3v) is 4.11. The molecule has 0 radical (unpaired) electrons. The molecule has 1 aliphatic rings. The fourth-order valence-electron chi connectivity index (χ4n) is 2.59. The first kappa shape index (κ1) is 18.7. The van der Waals surface area contributed by atoms with Gasteiger partial charge in [-0.3, -0.25) is 9.69 Å². The van der Waals surface area contributed by atoms with Gasteiger partial charge in [0.1, 0.15) is 5.60 Å². The number of carbonyl (C=O) groups excluding carboxylic acids is 1. The van der Waals surface area contributed by atoms with Crippen LogP contribution in [0.3, 0.4) is 0 Å². The first-order valence-electron chi connectivity index (χ1n) is 7.37. The number of aliphatic hydroxyl groups is 1. The van der Waals surface area contributed by atoms with Crippen molar-refractivity contribution in [1.82, 2.24) is 9.80 Å². The van der Waals surface area contributed by atoms with Gasteiger partial charge in [-0.05, 0) is 41.7 Å². The Morgan fingerprint density at radius 3 is 2.09 bits per heavy atom. The summed E-state index contributed by atoms with van der Waals surface area (Å²) >= 11 is 0. The second-order valence-electron chi connectivity index (χ2n) is 7.66. The molecule has 0 atom stereocenters. The van der Waals surface area contributed by atoms with Crippen molar-refractivity contribution < 1.29 is 24.5 Å². The van der Waals surface area contributed by atoms with Crippen molar-refractivity contribution in [2.45, 2.75) is 57.7 Å². The van der Waals surface area contributed by atoms with Crippen LogP contribution in [-0.2, 0) is 9.53 Å². The van der Waals surface area contributed by atoms with Crippen LogP contribution >= 0.6 is 0 Å². The van der Waals surface area contributed by atoms with Crippen LogP contribution in [0.4, 0.5) is 4.79 Å². The van der Waals surface area contributed by atoms with Crippen molar-refractivity contribution in [2.75, 3.05) is 26.7 Å². The van der Waals surface area contributed by atoms with Crippen molar-refractivity contribution in [3.8, 4) is 0 Å². The molecule has 0 saturated carbocycles. The van der Waals surface area contributed by atoms with E-state index < -0.39 is 28.7 Å². The molecule has 1 rings (SSSR count). The van der Waals surface area contributed by atoms with Crippen molar-refractivity contribution in [2.24, 2.45) is 0 Å². The predicted molar refractivity (Wildman–Crippen MR) is 81.7 cm³/mol. The number of rotatable bonds is 5. The molecule has 0 aliphatic carbocycles. The number of carbonyl (C=O) groups is 2. The van der Waals surface area contributed by atoms with E-state index in [4.69, 9.17) is 4.74 Å². The number of likely N-dealkylation sites (N-methyl/N-ethyl adjacent to an activating group) is 1. The molecular formula is C15H28N2O5. The highest BCUT2D eigenvalue weighted by Crippen LogP contribution is 2.35. The highest BCUT2D eigenvalue weighted by molar-refractivity contribution is 5.73. The zero-order valence-electron chi connectivity index (χ0n) is 14.3. The summed E-state index contributed by atoms with van der Waals surface area (Å²) in [6, 6.07) is 0. The van der Waals surface area contributed by atoms with Gasteiger partial charge >= 0.3 is 12.1 Å². The molecule has 2 N–H and O–H groups in total. The van der Waals surface area contributed by atoms with Gasteiger partial charge in [-0.25, -0.2) is 4.79 Å². The van der Waals surface area contributed by atoms with Gasteiger partial charge in [0.05, 0.1) is 18.6 Å². The summed E-state index contributed by atoms with van der Waals surface area (Å²) in [5, 5.41) is 18.7. The van der Waals surface area contributed by atoms with E-state index in [0.29, 0.717) is 0 Å². The molecule has 1 heterocycles. The minimum Gasteiger partial charge on any atom is -0.481 e. The van der Waals surface area contributed by atoms with Crippen molar-refractivity contribution in [1.29, 1.82) is 0 Å². The molecule has 1 saturated heterocycles. The molecular weight excluding hydrogens is 288 g/mol. The minimum absolute atomic E-state index is 0.0910. The Morgan fingerprint density at radius 1 is 1.23 bits per heavy atom. The molecule has 0 aromatic carbocycles. The SMILES string of the molecule is CN(C(C)(C)CO)C1(CC(=O)O)CN(C(=O)OC(C)(C)C)C1. The zero-order valence-corrected chi connectivity index (χ0v) is 14.3. The normalized spacial score (nSPS) is 18.1. The predicted octanol–water partition coefficient (Wildman–Crippen LogP) is 1.15. The number of aliphatic carboxylic acids is 1. The number of ether oxygens (including phenoxy) is 1. The topological polar surface area (TPSA) is 90.3 Å². The maximum atomic E-state index is 12.0. The third kappa shape index (κ3) is 4.10. The Hall–Kier alpha value is -1.34. The zero-order chi connectivity index (χ0) is 17.3. The fourth-order valence-corrected chi connectivity index (χ4v) is 2.59. The minimum atomic E-state index is -0.926. The number of carboxylic acid groups (broad SMARTS) is 1. The second kappa shape index (κ2) is 6.04. The lowest BCUT2D eigenvalue weighted by Crippen LogP contribution is -2.74. The number of hydrogen-bond acceptors (Lipinski definition) is 5. The van der Waals surface area contributed by atoms with E-state index in [1.807, 2.05) is 18.7 Å². The van der Waals surface area contributed by atoms with E-state index in [-0.39, 0.29) is 26.1 Å². The van der Waals surface area contributed by atoms with Gasteiger partial charge in [-0.1, -0.05) is 0 Å². The Labute approximate surface area is 131 Å². The van der Waals surface area contributed by atoms with Gasteiger partial charge in [0, 0.05) is 18.6 Å². The van der Waals surface area contributed by atoms with E-state index in [0.717, 1.165) is 0 Å². The van der Waals surface area contributed by atoms with Crippen molar-refractivity contribution in [3.63, 3.8) is 0 Å². The summed E-state index contributed by atoms with van der Waals surface area (Å²) in [6.07, 6.45) is -0.532. The largest absolute Gasteiger partial charge is 0.481 e. The third-order valence-electron chi connectivity index (χ3n) is 4.11. The summed E-state index contributed by atoms with van der Waals surface area (Å²) in [7, 11) is 1.78. The Morgan fingerprint density at radius 2 is 1.73 bits per heavy atom. The lowest BCUT2D eigenvalue weighted by molar-refractivity contribution is -0.150. The Balaban J connectivity index is 2.84. The smallest absolute Gasteiger partial charge is 0.410 e. The van der Waals surface area contributed by atoms with Crippen LogP contribution in [0.2, 0.25) is 0 Å². The van der Waals surface area contributed by atoms with Crippen LogP contribution in [0.1, 0.15) is 41.0 Å². The van der Waals surface area contributed by atoms with E-state index >= 15 is 0 Å². The number of nitrogens with zero attached hydrogens (tertiary/aromatic N) is 2. The van der Waals surface area contributed by atoms with Gasteiger partial charge < -0.3 is 19.8 Å². The summed E-state index contributed by atoms with van der Waals surface area (Å²) in [5.41, 5.74) is -1.84. The fraction of sp³-hybridized carbons (Fsp3) is 0.867. The first-order valence-corrected chi connectivity index (χ1v) is 7.37. The number of aliphatic hydroxyl groups excluding tert-OH is 1. The number of amides is 1. The molecule has 0 bridgehead atoms. The highest BCUT2D eigenvalue weighted by Gasteiger charge is 2.53. The van der Waals surface area contributed by atoms with Crippen LogP contribution in [0, 0.1) is 0 Å². The molecule has 7 nitrogen and oxygen atoms in total. The van der Waals surface area contributed by atoms with Gasteiger partial charge in [-0.2, -0.15) is 0 Å². The van der Waals surface area contributed by atoms with Crippen LogP contribution < -0.4 is 0 Å². The molecule has 0 aromatic rings. The van der Waals surface area contributed by atoms with Crippen LogP contribution in [0.5, 0.6) is 0 Å². The van der Waals surface area contributed by atoms with Gasteiger partial charge in [0.15, 0.2) is 0 Å². The van der Waals surface area contributed by atoms with Crippen LogP contribution in [0.25, 0.3) is 0 Å². The lowest BCUT2D eigenvalue weighted by Gasteiger charge is -2.57. The number of carboxylic acids is 1. The van der Waals surface area contributed by atoms with E-state index in [2.05, 4.69) is 0 Å². The van der Waals surface area contributed by atoms with Crippen molar-refractivity contribution in [3.05, 3.63) is 0 Å². The van der Waals surface area contributed by atoms with Gasteiger partial charge in [-0.15, -0.1) is 0 Å². The number of hydrogen-bond donors (Lipinski definition) is 2.